The van der Waals surface area contributed by atoms with Crippen molar-refractivity contribution < 1.29 is 33.0 Å². The summed E-state index contributed by atoms with van der Waals surface area (Å²) in [5.41, 5.74) is 1.38. The molecule has 0 aromatic heterocycles. The summed E-state index contributed by atoms with van der Waals surface area (Å²) in [4.78, 5) is 37.6. The Hall–Kier alpha value is -2.85. The number of hydrogen-bond donors (Lipinski definition) is 0. The maximum absolute atomic E-state index is 13.1. The van der Waals surface area contributed by atoms with Gasteiger partial charge >= 0.3 is 5.97 Å². The molecule has 0 saturated carbocycles. The Labute approximate surface area is 203 Å². The van der Waals surface area contributed by atoms with Gasteiger partial charge in [0.25, 0.3) is 11.1 Å². The highest BCUT2D eigenvalue weighted by Crippen LogP contribution is 2.38. The summed E-state index contributed by atoms with van der Waals surface area (Å²) < 4.78 is 30.1. The highest BCUT2D eigenvalue weighted by atomic mass is 79.9. The molecule has 1 aliphatic rings. The standard InChI is InChI=1S/C23H21BrFNO6S/c1-3-30-18-9-15(10-20-22(28)26(23(29)33-20)12-21(27)31-4-2)17(24)11-19(18)32-13-14-5-7-16(25)8-6-14/h5-11H,3-4,12-13H2,1-2H3/b20-10+. The topological polar surface area (TPSA) is 82.1 Å². The van der Waals surface area contributed by atoms with Crippen molar-refractivity contribution in [1.82, 2.24) is 4.90 Å². The zero-order valence-electron chi connectivity index (χ0n) is 17.9. The highest BCUT2D eigenvalue weighted by molar-refractivity contribution is 9.10. The molecule has 0 unspecified atom stereocenters. The van der Waals surface area contributed by atoms with E-state index in [1.165, 1.54) is 12.1 Å². The minimum Gasteiger partial charge on any atom is -0.490 e. The van der Waals surface area contributed by atoms with Crippen LogP contribution in [0.25, 0.3) is 6.08 Å². The Morgan fingerprint density at radius 1 is 1.09 bits per heavy atom. The van der Waals surface area contributed by atoms with Crippen molar-refractivity contribution in [3.05, 3.63) is 62.7 Å². The fraction of sp³-hybridized carbons (Fsp3) is 0.261. The van der Waals surface area contributed by atoms with Gasteiger partial charge in [0, 0.05) is 4.47 Å². The van der Waals surface area contributed by atoms with Crippen LogP contribution >= 0.6 is 27.7 Å². The average Bonchev–Trinajstić information content (AvgIpc) is 3.03. The van der Waals surface area contributed by atoms with E-state index in [4.69, 9.17) is 14.2 Å². The molecular formula is C23H21BrFNO6S. The Kier molecular flexibility index (Phi) is 8.51. The van der Waals surface area contributed by atoms with Crippen LogP contribution in [0.5, 0.6) is 11.5 Å². The van der Waals surface area contributed by atoms with Gasteiger partial charge in [0.2, 0.25) is 0 Å². The zero-order valence-corrected chi connectivity index (χ0v) is 20.3. The molecule has 0 bridgehead atoms. The van der Waals surface area contributed by atoms with Crippen LogP contribution in [0, 0.1) is 5.82 Å². The maximum Gasteiger partial charge on any atom is 0.326 e. The van der Waals surface area contributed by atoms with E-state index in [1.54, 1.807) is 37.3 Å². The molecule has 10 heteroatoms. The first-order chi connectivity index (χ1) is 15.8. The molecule has 0 radical (unpaired) electrons. The molecule has 174 valence electrons. The van der Waals surface area contributed by atoms with Gasteiger partial charge in [-0.2, -0.15) is 0 Å². The van der Waals surface area contributed by atoms with Crippen LogP contribution in [0.4, 0.5) is 9.18 Å². The molecule has 3 rings (SSSR count). The van der Waals surface area contributed by atoms with Crippen LogP contribution in [0.2, 0.25) is 0 Å². The summed E-state index contributed by atoms with van der Waals surface area (Å²) >= 11 is 4.21. The van der Waals surface area contributed by atoms with Gasteiger partial charge in [0.15, 0.2) is 11.5 Å². The van der Waals surface area contributed by atoms with Crippen molar-refractivity contribution in [3.8, 4) is 11.5 Å². The molecule has 2 aromatic rings. The normalized spacial score (nSPS) is 14.7. The Bertz CT molecular complexity index is 1090. The van der Waals surface area contributed by atoms with Gasteiger partial charge < -0.3 is 14.2 Å². The van der Waals surface area contributed by atoms with E-state index >= 15 is 0 Å². The Morgan fingerprint density at radius 3 is 2.45 bits per heavy atom. The average molecular weight is 538 g/mol. The van der Waals surface area contributed by atoms with Crippen molar-refractivity contribution in [1.29, 1.82) is 0 Å². The molecule has 7 nitrogen and oxygen atoms in total. The number of halogens is 2. The van der Waals surface area contributed by atoms with Crippen molar-refractivity contribution in [2.24, 2.45) is 0 Å². The lowest BCUT2D eigenvalue weighted by atomic mass is 10.1. The van der Waals surface area contributed by atoms with Crippen molar-refractivity contribution >= 4 is 50.9 Å². The number of ether oxygens (including phenoxy) is 3. The second-order valence-electron chi connectivity index (χ2n) is 6.74. The largest absolute Gasteiger partial charge is 0.490 e. The van der Waals surface area contributed by atoms with Gasteiger partial charge in [0.05, 0.1) is 18.1 Å². The molecule has 33 heavy (non-hydrogen) atoms. The summed E-state index contributed by atoms with van der Waals surface area (Å²) in [6.45, 7) is 3.78. The molecule has 1 saturated heterocycles. The lowest BCUT2D eigenvalue weighted by Gasteiger charge is -2.14. The third-order valence-electron chi connectivity index (χ3n) is 4.42. The second kappa shape index (κ2) is 11.3. The number of carbonyl (C=O) groups excluding carboxylic acids is 3. The first-order valence-electron chi connectivity index (χ1n) is 10.1. The van der Waals surface area contributed by atoms with E-state index in [0.29, 0.717) is 28.1 Å². The third-order valence-corrected chi connectivity index (χ3v) is 6.02. The smallest absolute Gasteiger partial charge is 0.326 e. The number of hydrogen-bond acceptors (Lipinski definition) is 7. The lowest BCUT2D eigenvalue weighted by Crippen LogP contribution is -2.34. The van der Waals surface area contributed by atoms with Gasteiger partial charge in [-0.15, -0.1) is 0 Å². The minimum atomic E-state index is -0.650. The molecule has 2 amide bonds. The van der Waals surface area contributed by atoms with Crippen molar-refractivity contribution in [2.75, 3.05) is 19.8 Å². The molecule has 1 aliphatic heterocycles. The molecule has 0 atom stereocenters. The van der Waals surface area contributed by atoms with Crippen LogP contribution in [-0.4, -0.2) is 41.8 Å². The number of thioether (sulfide) groups is 1. The predicted octanol–water partition coefficient (Wildman–Crippen LogP) is 5.17. The summed E-state index contributed by atoms with van der Waals surface area (Å²) in [5, 5.41) is -0.542. The molecule has 0 aliphatic carbocycles. The van der Waals surface area contributed by atoms with E-state index in [2.05, 4.69) is 15.9 Å². The minimum absolute atomic E-state index is 0.160. The third kappa shape index (κ3) is 6.35. The van der Waals surface area contributed by atoms with Crippen LogP contribution in [0.15, 0.2) is 45.8 Å². The van der Waals surface area contributed by atoms with E-state index in [1.807, 2.05) is 6.92 Å². The fourth-order valence-electron chi connectivity index (χ4n) is 2.90. The van der Waals surface area contributed by atoms with Gasteiger partial charge in [-0.25, -0.2) is 4.39 Å². The lowest BCUT2D eigenvalue weighted by molar-refractivity contribution is -0.145. The quantitative estimate of drug-likeness (QED) is 0.322. The van der Waals surface area contributed by atoms with Gasteiger partial charge in [-0.3, -0.25) is 19.3 Å². The van der Waals surface area contributed by atoms with Gasteiger partial charge in [-0.1, -0.05) is 28.1 Å². The summed E-state index contributed by atoms with van der Waals surface area (Å²) in [7, 11) is 0. The number of rotatable bonds is 9. The summed E-state index contributed by atoms with van der Waals surface area (Å²) in [6, 6.07) is 9.36. The van der Waals surface area contributed by atoms with E-state index in [9.17, 15) is 18.8 Å². The Morgan fingerprint density at radius 2 is 1.79 bits per heavy atom. The molecule has 2 aromatic carbocycles. The number of imide groups is 1. The molecule has 0 N–H and O–H groups in total. The van der Waals surface area contributed by atoms with Crippen LogP contribution in [0.3, 0.4) is 0 Å². The first-order valence-corrected chi connectivity index (χ1v) is 11.7. The fourth-order valence-corrected chi connectivity index (χ4v) is 4.16. The van der Waals surface area contributed by atoms with E-state index in [-0.39, 0.29) is 23.9 Å². The Balaban J connectivity index is 1.81. The van der Waals surface area contributed by atoms with Gasteiger partial charge in [-0.05, 0) is 67.1 Å². The SMILES string of the molecule is CCOC(=O)CN1C(=O)S/C(=C/c2cc(OCC)c(OCc3ccc(F)cc3)cc2Br)C1=O. The van der Waals surface area contributed by atoms with Crippen LogP contribution in [-0.2, 0) is 20.9 Å². The number of amides is 2. The zero-order chi connectivity index (χ0) is 24.0. The highest BCUT2D eigenvalue weighted by Gasteiger charge is 2.36. The monoisotopic (exact) mass is 537 g/mol. The number of esters is 1. The predicted molar refractivity (Wildman–Crippen MR) is 125 cm³/mol. The summed E-state index contributed by atoms with van der Waals surface area (Å²) in [6.07, 6.45) is 1.55. The molecule has 1 fully saturated rings. The molecular weight excluding hydrogens is 517 g/mol. The van der Waals surface area contributed by atoms with Crippen LogP contribution in [0.1, 0.15) is 25.0 Å². The number of benzene rings is 2. The summed E-state index contributed by atoms with van der Waals surface area (Å²) in [5.74, 6) is -0.643. The van der Waals surface area contributed by atoms with E-state index < -0.39 is 23.7 Å². The van der Waals surface area contributed by atoms with Crippen molar-refractivity contribution in [2.45, 2.75) is 20.5 Å². The van der Waals surface area contributed by atoms with Gasteiger partial charge in [0.1, 0.15) is 19.0 Å². The second-order valence-corrected chi connectivity index (χ2v) is 8.59. The number of nitrogens with zero attached hydrogens (tertiary/aromatic N) is 1. The van der Waals surface area contributed by atoms with Crippen molar-refractivity contribution in [3.63, 3.8) is 0 Å². The van der Waals surface area contributed by atoms with Crippen LogP contribution < -0.4 is 9.47 Å². The molecule has 1 heterocycles. The first kappa shape index (κ1) is 24.8. The maximum atomic E-state index is 13.1. The number of carbonyl (C=O) groups is 3. The van der Waals surface area contributed by atoms with E-state index in [0.717, 1.165) is 22.2 Å². The molecule has 0 spiro atoms.